The number of carboxylic acids is 1. The van der Waals surface area contributed by atoms with E-state index in [4.69, 9.17) is 9.84 Å². The molecule has 2 atom stereocenters. The van der Waals surface area contributed by atoms with Gasteiger partial charge in [-0.15, -0.1) is 0 Å². The molecule has 1 fully saturated rings. The van der Waals surface area contributed by atoms with Crippen LogP contribution in [0.3, 0.4) is 0 Å². The molecule has 0 heterocycles. The number of aliphatic carboxylic acids is 1. The highest BCUT2D eigenvalue weighted by Gasteiger charge is 2.33. The second kappa shape index (κ2) is 7.99. The molecule has 1 saturated carbocycles. The van der Waals surface area contributed by atoms with Crippen LogP contribution in [0.25, 0.3) is 0 Å². The number of hydrogen-bond donors (Lipinski definition) is 2. The van der Waals surface area contributed by atoms with Crippen LogP contribution >= 0.6 is 0 Å². The number of ether oxygens (including phenoxy) is 1. The van der Waals surface area contributed by atoms with Crippen LogP contribution in [0, 0.1) is 11.8 Å². The smallest absolute Gasteiger partial charge is 0.308 e. The topological polar surface area (TPSA) is 75.6 Å². The molecule has 1 aromatic rings. The molecule has 0 bridgehead atoms. The third kappa shape index (κ3) is 4.98. The second-order valence-electron chi connectivity index (χ2n) is 6.51. The van der Waals surface area contributed by atoms with E-state index in [1.54, 1.807) is 24.3 Å². The van der Waals surface area contributed by atoms with Gasteiger partial charge in [-0.2, -0.15) is 0 Å². The number of benzene rings is 1. The number of carboxylic acid groups (broad SMARTS) is 1. The third-order valence-corrected chi connectivity index (χ3v) is 4.23. The van der Waals surface area contributed by atoms with Crippen molar-refractivity contribution >= 4 is 11.9 Å². The summed E-state index contributed by atoms with van der Waals surface area (Å²) in [4.78, 5) is 23.4. The molecule has 1 aromatic carbocycles. The third-order valence-electron chi connectivity index (χ3n) is 4.23. The van der Waals surface area contributed by atoms with Crippen LogP contribution in [0.15, 0.2) is 24.3 Å². The Balaban J connectivity index is 1.88. The molecule has 5 nitrogen and oxygen atoms in total. The average molecular weight is 319 g/mol. The predicted molar refractivity (Wildman–Crippen MR) is 87.6 cm³/mol. The van der Waals surface area contributed by atoms with E-state index in [1.165, 1.54) is 0 Å². The van der Waals surface area contributed by atoms with Crippen LogP contribution in [0.4, 0.5) is 0 Å². The van der Waals surface area contributed by atoms with Crippen LogP contribution in [-0.2, 0) is 4.79 Å². The summed E-state index contributed by atoms with van der Waals surface area (Å²) in [5.74, 6) is -0.198. The molecule has 0 aliphatic heterocycles. The van der Waals surface area contributed by atoms with Gasteiger partial charge in [0.2, 0.25) is 0 Å². The molecule has 2 rings (SSSR count). The maximum Gasteiger partial charge on any atom is 0.308 e. The lowest BCUT2D eigenvalue weighted by Crippen LogP contribution is -2.40. The van der Waals surface area contributed by atoms with Crippen LogP contribution < -0.4 is 10.1 Å². The van der Waals surface area contributed by atoms with E-state index < -0.39 is 11.9 Å². The first-order chi connectivity index (χ1) is 11.0. The van der Waals surface area contributed by atoms with Gasteiger partial charge in [0.05, 0.1) is 12.5 Å². The zero-order chi connectivity index (χ0) is 16.8. The highest BCUT2D eigenvalue weighted by Crippen LogP contribution is 2.26. The molecule has 23 heavy (non-hydrogen) atoms. The average Bonchev–Trinajstić information content (AvgIpc) is 2.96. The van der Waals surface area contributed by atoms with Gasteiger partial charge in [-0.05, 0) is 49.4 Å². The number of carbonyl (C=O) groups is 2. The summed E-state index contributed by atoms with van der Waals surface area (Å²) in [5.41, 5.74) is 0.525. The summed E-state index contributed by atoms with van der Waals surface area (Å²) < 4.78 is 5.62. The predicted octanol–water partition coefficient (Wildman–Crippen LogP) is 3.09. The van der Waals surface area contributed by atoms with Crippen molar-refractivity contribution in [3.63, 3.8) is 0 Å². The maximum absolute atomic E-state index is 12.2. The van der Waals surface area contributed by atoms with Gasteiger partial charge < -0.3 is 15.2 Å². The molecular formula is C18H25NO4. The Bertz CT molecular complexity index is 538. The van der Waals surface area contributed by atoms with E-state index in [1.807, 2.05) is 0 Å². The van der Waals surface area contributed by atoms with Crippen molar-refractivity contribution in [2.24, 2.45) is 11.8 Å². The first-order valence-corrected chi connectivity index (χ1v) is 8.24. The fraction of sp³-hybridized carbons (Fsp3) is 0.556. The monoisotopic (exact) mass is 319 g/mol. The second-order valence-corrected chi connectivity index (χ2v) is 6.51. The van der Waals surface area contributed by atoms with Crippen molar-refractivity contribution < 1.29 is 19.4 Å². The molecule has 1 aliphatic rings. The van der Waals surface area contributed by atoms with Crippen molar-refractivity contribution in [1.82, 2.24) is 5.32 Å². The van der Waals surface area contributed by atoms with Gasteiger partial charge in [0.1, 0.15) is 5.75 Å². The number of rotatable bonds is 7. The summed E-state index contributed by atoms with van der Waals surface area (Å²) >= 11 is 0. The van der Waals surface area contributed by atoms with E-state index >= 15 is 0 Å². The molecule has 0 radical (unpaired) electrons. The summed E-state index contributed by atoms with van der Waals surface area (Å²) in [6, 6.07) is 6.70. The Morgan fingerprint density at radius 2 is 1.96 bits per heavy atom. The van der Waals surface area contributed by atoms with Gasteiger partial charge in [0, 0.05) is 11.6 Å². The summed E-state index contributed by atoms with van der Waals surface area (Å²) in [6.07, 6.45) is 3.17. The molecule has 126 valence electrons. The largest absolute Gasteiger partial charge is 0.494 e. The lowest BCUT2D eigenvalue weighted by molar-refractivity contribution is -0.142. The van der Waals surface area contributed by atoms with E-state index in [-0.39, 0.29) is 11.9 Å². The highest BCUT2D eigenvalue weighted by atomic mass is 16.5. The first-order valence-electron chi connectivity index (χ1n) is 8.24. The standard InChI is InChI=1S/C18H25NO4/c1-12(2)10-11-23-14-8-6-13(7-9-14)17(20)19-16-5-3-4-15(16)18(21)22/h6-9,12,15-16H,3-5,10-11H2,1-2H3,(H,19,20)(H,21,22)/t15-,16+/m0/s1. The zero-order valence-electron chi connectivity index (χ0n) is 13.7. The molecule has 1 amide bonds. The summed E-state index contributed by atoms with van der Waals surface area (Å²) in [7, 11) is 0. The van der Waals surface area contributed by atoms with Gasteiger partial charge in [-0.25, -0.2) is 0 Å². The first kappa shape index (κ1) is 17.3. The van der Waals surface area contributed by atoms with Crippen LogP contribution in [0.1, 0.15) is 49.9 Å². The van der Waals surface area contributed by atoms with Crippen molar-refractivity contribution in [2.75, 3.05) is 6.61 Å². The minimum Gasteiger partial charge on any atom is -0.494 e. The number of hydrogen-bond acceptors (Lipinski definition) is 3. The lowest BCUT2D eigenvalue weighted by atomic mass is 10.0. The fourth-order valence-electron chi connectivity index (χ4n) is 2.80. The van der Waals surface area contributed by atoms with Crippen molar-refractivity contribution in [2.45, 2.75) is 45.6 Å². The Labute approximate surface area is 137 Å². The Kier molecular flexibility index (Phi) is 6.02. The lowest BCUT2D eigenvalue weighted by Gasteiger charge is -2.17. The summed E-state index contributed by atoms with van der Waals surface area (Å²) in [6.45, 7) is 4.94. The van der Waals surface area contributed by atoms with Crippen molar-refractivity contribution in [3.05, 3.63) is 29.8 Å². The van der Waals surface area contributed by atoms with Gasteiger partial charge in [-0.1, -0.05) is 20.3 Å². The number of carbonyl (C=O) groups excluding carboxylic acids is 1. The zero-order valence-corrected chi connectivity index (χ0v) is 13.7. The van der Waals surface area contributed by atoms with Crippen molar-refractivity contribution in [1.29, 1.82) is 0 Å². The molecular weight excluding hydrogens is 294 g/mol. The molecule has 1 aliphatic carbocycles. The Hall–Kier alpha value is -2.04. The molecule has 0 unspecified atom stereocenters. The SMILES string of the molecule is CC(C)CCOc1ccc(C(=O)N[C@@H]2CCC[C@@H]2C(=O)O)cc1. The minimum atomic E-state index is -0.832. The molecule has 2 N–H and O–H groups in total. The Morgan fingerprint density at radius 3 is 2.57 bits per heavy atom. The minimum absolute atomic E-state index is 0.225. The quantitative estimate of drug-likeness (QED) is 0.810. The van der Waals surface area contributed by atoms with E-state index in [0.29, 0.717) is 24.5 Å². The van der Waals surface area contributed by atoms with Crippen molar-refractivity contribution in [3.8, 4) is 5.75 Å². The fourth-order valence-corrected chi connectivity index (χ4v) is 2.80. The highest BCUT2D eigenvalue weighted by molar-refractivity contribution is 5.94. The Morgan fingerprint density at radius 1 is 1.26 bits per heavy atom. The van der Waals surface area contributed by atoms with Crippen LogP contribution in [0.2, 0.25) is 0 Å². The normalized spacial score (nSPS) is 20.5. The van der Waals surface area contributed by atoms with Gasteiger partial charge >= 0.3 is 5.97 Å². The molecule has 0 spiro atoms. The maximum atomic E-state index is 12.2. The van der Waals surface area contributed by atoms with E-state index in [9.17, 15) is 9.59 Å². The molecule has 0 saturated heterocycles. The number of amides is 1. The van der Waals surface area contributed by atoms with Crippen LogP contribution in [-0.4, -0.2) is 29.6 Å². The summed E-state index contributed by atoms with van der Waals surface area (Å²) in [5, 5.41) is 12.0. The number of nitrogens with one attached hydrogen (secondary N) is 1. The molecule has 5 heteroatoms. The van der Waals surface area contributed by atoms with Gasteiger partial charge in [0.15, 0.2) is 0 Å². The van der Waals surface area contributed by atoms with Crippen LogP contribution in [0.5, 0.6) is 5.75 Å². The molecule has 0 aromatic heterocycles. The van der Waals surface area contributed by atoms with Gasteiger partial charge in [0.25, 0.3) is 5.91 Å². The van der Waals surface area contributed by atoms with E-state index in [0.717, 1.165) is 25.0 Å². The van der Waals surface area contributed by atoms with E-state index in [2.05, 4.69) is 19.2 Å². The van der Waals surface area contributed by atoms with Gasteiger partial charge in [-0.3, -0.25) is 9.59 Å².